The highest BCUT2D eigenvalue weighted by Crippen LogP contribution is 2.35. The monoisotopic (exact) mass is 487 g/mol. The highest BCUT2D eigenvalue weighted by atomic mass is 32.2. The molecule has 0 unspecified atom stereocenters. The molecule has 1 aliphatic rings. The van der Waals surface area contributed by atoms with Crippen LogP contribution in [0.4, 0.5) is 0 Å². The van der Waals surface area contributed by atoms with Gasteiger partial charge in [0.05, 0.1) is 11.5 Å². The molecule has 1 fully saturated rings. The van der Waals surface area contributed by atoms with Gasteiger partial charge in [-0.15, -0.1) is 0 Å². The standard InChI is InChI=1S/C23H25N3O7S/c27-22(25-28)23(12-15-31-16-13-23)34(29,30)19-10-8-18(9-11-19)32-14-4-7-20-24-21(26-33-20)17-5-2-1-3-6-17/h1-3,5-6,8-11,28H,4,7,12-16H2,(H,25,27). The van der Waals surface area contributed by atoms with E-state index in [9.17, 15) is 13.2 Å². The molecule has 1 saturated heterocycles. The van der Waals surface area contributed by atoms with Crippen molar-refractivity contribution < 1.29 is 32.4 Å². The molecule has 0 bridgehead atoms. The van der Waals surface area contributed by atoms with Gasteiger partial charge in [-0.3, -0.25) is 10.0 Å². The van der Waals surface area contributed by atoms with Crippen molar-refractivity contribution in [3.8, 4) is 17.1 Å². The summed E-state index contributed by atoms with van der Waals surface area (Å²) in [7, 11) is -4.07. The van der Waals surface area contributed by atoms with Crippen LogP contribution >= 0.6 is 0 Å². The minimum absolute atomic E-state index is 0.0235. The van der Waals surface area contributed by atoms with Crippen molar-refractivity contribution in [3.63, 3.8) is 0 Å². The van der Waals surface area contributed by atoms with Crippen LogP contribution in [0.2, 0.25) is 0 Å². The zero-order valence-electron chi connectivity index (χ0n) is 18.3. The molecule has 11 heteroatoms. The third kappa shape index (κ3) is 4.81. The van der Waals surface area contributed by atoms with Crippen molar-refractivity contribution in [1.29, 1.82) is 0 Å². The van der Waals surface area contributed by atoms with Crippen LogP contribution in [0.1, 0.15) is 25.2 Å². The van der Waals surface area contributed by atoms with Crippen LogP contribution in [-0.2, 0) is 25.8 Å². The summed E-state index contributed by atoms with van der Waals surface area (Å²) in [4.78, 5) is 16.7. The van der Waals surface area contributed by atoms with Crippen LogP contribution in [-0.4, -0.2) is 54.2 Å². The molecule has 0 atom stereocenters. The van der Waals surface area contributed by atoms with E-state index in [1.807, 2.05) is 30.3 Å². The normalized spacial score (nSPS) is 15.6. The Balaban J connectivity index is 1.34. The fourth-order valence-corrected chi connectivity index (χ4v) is 5.78. The van der Waals surface area contributed by atoms with Crippen LogP contribution in [0.15, 0.2) is 64.0 Å². The fraction of sp³-hybridized carbons (Fsp3) is 0.348. The average Bonchev–Trinajstić information content (AvgIpc) is 3.36. The van der Waals surface area contributed by atoms with E-state index in [1.165, 1.54) is 29.7 Å². The first-order valence-corrected chi connectivity index (χ1v) is 12.3. The van der Waals surface area contributed by atoms with Gasteiger partial charge in [0.1, 0.15) is 5.75 Å². The molecule has 34 heavy (non-hydrogen) atoms. The molecule has 180 valence electrons. The van der Waals surface area contributed by atoms with Crippen LogP contribution in [0.3, 0.4) is 0 Å². The SMILES string of the molecule is O=C(NO)C1(S(=O)(=O)c2ccc(OCCCc3nc(-c4ccccc4)no3)cc2)CCOCC1. The van der Waals surface area contributed by atoms with Crippen molar-refractivity contribution in [2.24, 2.45) is 0 Å². The second-order valence-electron chi connectivity index (χ2n) is 7.85. The second-order valence-corrected chi connectivity index (χ2v) is 10.1. The molecule has 1 aliphatic heterocycles. The van der Waals surface area contributed by atoms with E-state index in [-0.39, 0.29) is 31.0 Å². The Hall–Kier alpha value is -3.28. The molecule has 2 heterocycles. The Bertz CT molecular complexity index is 1200. The van der Waals surface area contributed by atoms with E-state index in [2.05, 4.69) is 10.1 Å². The lowest BCUT2D eigenvalue weighted by Gasteiger charge is -2.34. The lowest BCUT2D eigenvalue weighted by Crippen LogP contribution is -2.54. The summed E-state index contributed by atoms with van der Waals surface area (Å²) < 4.78 is 40.9. The van der Waals surface area contributed by atoms with Gasteiger partial charge in [-0.2, -0.15) is 4.98 Å². The molecule has 1 aromatic heterocycles. The maximum atomic E-state index is 13.3. The Kier molecular flexibility index (Phi) is 7.25. The molecule has 2 aromatic carbocycles. The van der Waals surface area contributed by atoms with Gasteiger partial charge in [0.15, 0.2) is 14.6 Å². The van der Waals surface area contributed by atoms with Gasteiger partial charge in [0, 0.05) is 25.2 Å². The molecule has 3 aromatic rings. The van der Waals surface area contributed by atoms with E-state index in [4.69, 9.17) is 19.2 Å². The molecule has 10 nitrogen and oxygen atoms in total. The van der Waals surface area contributed by atoms with E-state index in [1.54, 1.807) is 0 Å². The number of amides is 1. The number of benzene rings is 2. The first-order chi connectivity index (χ1) is 16.5. The van der Waals surface area contributed by atoms with Crippen molar-refractivity contribution >= 4 is 15.7 Å². The molecule has 0 saturated carbocycles. The third-order valence-electron chi connectivity index (χ3n) is 5.77. The molecule has 2 N–H and O–H groups in total. The molecule has 0 aliphatic carbocycles. The Morgan fingerprint density at radius 1 is 1.09 bits per heavy atom. The highest BCUT2D eigenvalue weighted by molar-refractivity contribution is 7.93. The van der Waals surface area contributed by atoms with Crippen molar-refractivity contribution in [1.82, 2.24) is 15.6 Å². The predicted octanol–water partition coefficient (Wildman–Crippen LogP) is 2.58. The van der Waals surface area contributed by atoms with Crippen molar-refractivity contribution in [2.75, 3.05) is 19.8 Å². The topological polar surface area (TPSA) is 141 Å². The number of aryl methyl sites for hydroxylation is 1. The first kappa shape index (κ1) is 23.9. The lowest BCUT2D eigenvalue weighted by atomic mass is 9.98. The smallest absolute Gasteiger partial charge is 0.265 e. The molecule has 0 radical (unpaired) electrons. The first-order valence-electron chi connectivity index (χ1n) is 10.8. The van der Waals surface area contributed by atoms with Crippen LogP contribution in [0.5, 0.6) is 5.75 Å². The predicted molar refractivity (Wildman–Crippen MR) is 120 cm³/mol. The molecule has 4 rings (SSSR count). The van der Waals surface area contributed by atoms with E-state index < -0.39 is 20.5 Å². The van der Waals surface area contributed by atoms with Crippen LogP contribution in [0, 0.1) is 0 Å². The van der Waals surface area contributed by atoms with Gasteiger partial charge >= 0.3 is 0 Å². The van der Waals surface area contributed by atoms with Gasteiger partial charge in [-0.25, -0.2) is 13.9 Å². The largest absolute Gasteiger partial charge is 0.494 e. The maximum absolute atomic E-state index is 13.3. The van der Waals surface area contributed by atoms with Gasteiger partial charge in [0.25, 0.3) is 5.91 Å². The quantitative estimate of drug-likeness (QED) is 0.265. The number of sulfone groups is 1. The molecular weight excluding hydrogens is 462 g/mol. The lowest BCUT2D eigenvalue weighted by molar-refractivity contribution is -0.134. The van der Waals surface area contributed by atoms with Crippen molar-refractivity contribution in [2.45, 2.75) is 35.3 Å². The maximum Gasteiger partial charge on any atom is 0.265 e. The number of carbonyl (C=O) groups is 1. The average molecular weight is 488 g/mol. The number of hydrogen-bond acceptors (Lipinski definition) is 9. The number of nitrogens with zero attached hydrogens (tertiary/aromatic N) is 2. The van der Waals surface area contributed by atoms with Crippen LogP contribution < -0.4 is 10.2 Å². The fourth-order valence-electron chi connectivity index (χ4n) is 3.84. The summed E-state index contributed by atoms with van der Waals surface area (Å²) in [5.74, 6) is 0.577. The summed E-state index contributed by atoms with van der Waals surface area (Å²) in [5.41, 5.74) is 2.38. The number of aromatic nitrogens is 2. The summed E-state index contributed by atoms with van der Waals surface area (Å²) in [6.07, 6.45) is 1.08. The zero-order chi connectivity index (χ0) is 24.0. The van der Waals surface area contributed by atoms with Gasteiger partial charge in [0.2, 0.25) is 11.7 Å². The number of ether oxygens (including phenoxy) is 2. The highest BCUT2D eigenvalue weighted by Gasteiger charge is 2.52. The van der Waals surface area contributed by atoms with E-state index in [0.29, 0.717) is 36.9 Å². The molecule has 0 spiro atoms. The van der Waals surface area contributed by atoms with Gasteiger partial charge in [-0.05, 0) is 43.5 Å². The Labute approximate surface area is 196 Å². The minimum atomic E-state index is -4.07. The zero-order valence-corrected chi connectivity index (χ0v) is 19.2. The number of carbonyl (C=O) groups excluding carboxylic acids is 1. The summed E-state index contributed by atoms with van der Waals surface area (Å²) in [5, 5.41) is 13.1. The number of hydrogen-bond donors (Lipinski definition) is 2. The second kappa shape index (κ2) is 10.3. The molecular formula is C23H25N3O7S. The molecule has 1 amide bonds. The van der Waals surface area contributed by atoms with Gasteiger partial charge < -0.3 is 14.0 Å². The number of rotatable bonds is 9. The van der Waals surface area contributed by atoms with E-state index >= 15 is 0 Å². The summed E-state index contributed by atoms with van der Waals surface area (Å²) in [6, 6.07) is 15.4. The third-order valence-corrected chi connectivity index (χ3v) is 8.28. The minimum Gasteiger partial charge on any atom is -0.494 e. The summed E-state index contributed by atoms with van der Waals surface area (Å²) in [6.45, 7) is 0.588. The summed E-state index contributed by atoms with van der Waals surface area (Å²) >= 11 is 0. The number of hydroxylamine groups is 1. The Morgan fingerprint density at radius 2 is 1.79 bits per heavy atom. The number of nitrogens with one attached hydrogen (secondary N) is 1. The van der Waals surface area contributed by atoms with E-state index in [0.717, 1.165) is 5.56 Å². The Morgan fingerprint density at radius 3 is 2.47 bits per heavy atom. The van der Waals surface area contributed by atoms with Gasteiger partial charge in [-0.1, -0.05) is 35.5 Å². The van der Waals surface area contributed by atoms with Crippen molar-refractivity contribution in [3.05, 3.63) is 60.5 Å². The van der Waals surface area contributed by atoms with Crippen LogP contribution in [0.25, 0.3) is 11.4 Å².